The number of hydrogen-bond donors (Lipinski definition) is 1. The molecule has 2 fully saturated rings. The topological polar surface area (TPSA) is 96.0 Å². The van der Waals surface area contributed by atoms with Crippen LogP contribution in [0.4, 0.5) is 0 Å². The number of nitrogens with zero attached hydrogens (tertiary/aromatic N) is 2. The predicted molar refractivity (Wildman–Crippen MR) is 79.7 cm³/mol. The van der Waals surface area contributed by atoms with Gasteiger partial charge in [-0.1, -0.05) is 6.42 Å². The van der Waals surface area contributed by atoms with Gasteiger partial charge in [0.25, 0.3) is 11.8 Å². The van der Waals surface area contributed by atoms with Crippen molar-refractivity contribution in [3.8, 4) is 0 Å². The van der Waals surface area contributed by atoms with Crippen LogP contribution in [-0.4, -0.2) is 58.8 Å². The summed E-state index contributed by atoms with van der Waals surface area (Å²) in [6.07, 6.45) is 3.36. The van der Waals surface area contributed by atoms with Crippen LogP contribution in [0, 0.1) is 0 Å². The molecule has 2 aliphatic heterocycles. The van der Waals surface area contributed by atoms with Crippen LogP contribution in [0.2, 0.25) is 0 Å². The number of rotatable bonds is 5. The Labute approximate surface area is 135 Å². The van der Waals surface area contributed by atoms with Crippen LogP contribution in [0.3, 0.4) is 0 Å². The maximum Gasteiger partial charge on any atom is 0.352 e. The minimum absolute atomic E-state index is 0.0449. The summed E-state index contributed by atoms with van der Waals surface area (Å²) < 4.78 is 0. The van der Waals surface area contributed by atoms with Gasteiger partial charge in [0.1, 0.15) is 6.54 Å². The molecule has 0 saturated carbocycles. The molecule has 8 nitrogen and oxygen atoms in total. The van der Waals surface area contributed by atoms with Crippen molar-refractivity contribution in [1.29, 1.82) is 0 Å². The molecule has 2 heterocycles. The summed E-state index contributed by atoms with van der Waals surface area (Å²) >= 11 is 0. The van der Waals surface area contributed by atoms with E-state index in [-0.39, 0.29) is 31.8 Å². The highest BCUT2D eigenvalue weighted by molar-refractivity contribution is 6.01. The lowest BCUT2D eigenvalue weighted by atomic mass is 9.97. The summed E-state index contributed by atoms with van der Waals surface area (Å²) in [6.45, 7) is 4.02. The fourth-order valence-corrected chi connectivity index (χ4v) is 2.97. The van der Waals surface area contributed by atoms with Crippen LogP contribution in [0.5, 0.6) is 0 Å². The summed E-state index contributed by atoms with van der Waals surface area (Å²) in [6, 6.07) is 0.660. The largest absolute Gasteiger partial charge is 0.352 e. The second-order valence-electron chi connectivity index (χ2n) is 6.12. The maximum atomic E-state index is 12.0. The molecule has 0 spiro atoms. The first-order valence-electron chi connectivity index (χ1n) is 7.97. The summed E-state index contributed by atoms with van der Waals surface area (Å²) in [5, 5.41) is 2.95. The van der Waals surface area contributed by atoms with Crippen molar-refractivity contribution >= 4 is 23.7 Å². The average molecular weight is 325 g/mol. The molecule has 1 N–H and O–H groups in total. The van der Waals surface area contributed by atoms with Gasteiger partial charge in [0.05, 0.1) is 6.54 Å². The standard InChI is InChI=1S/C15H23N3O5/c1-10-4-3-5-11(2)17(10)9-12(19)16-8-15(22)23-18-13(20)6-7-14(18)21/h10-11H,3-9H2,1-2H3,(H,16,19). The van der Waals surface area contributed by atoms with E-state index >= 15 is 0 Å². The van der Waals surface area contributed by atoms with Gasteiger partial charge in [-0.2, -0.15) is 0 Å². The first kappa shape index (κ1) is 17.4. The number of carbonyl (C=O) groups excluding carboxylic acids is 4. The Bertz CT molecular complexity index is 481. The Morgan fingerprint density at radius 2 is 1.70 bits per heavy atom. The number of imide groups is 1. The van der Waals surface area contributed by atoms with Gasteiger partial charge in [0.15, 0.2) is 0 Å². The fourth-order valence-electron chi connectivity index (χ4n) is 2.97. The molecule has 23 heavy (non-hydrogen) atoms. The van der Waals surface area contributed by atoms with E-state index in [9.17, 15) is 19.2 Å². The number of nitrogens with one attached hydrogen (secondary N) is 1. The molecular formula is C15H23N3O5. The lowest BCUT2D eigenvalue weighted by Gasteiger charge is -2.38. The van der Waals surface area contributed by atoms with Gasteiger partial charge in [-0.15, -0.1) is 5.06 Å². The van der Waals surface area contributed by atoms with Crippen molar-refractivity contribution in [1.82, 2.24) is 15.3 Å². The van der Waals surface area contributed by atoms with E-state index in [1.807, 2.05) is 0 Å². The van der Waals surface area contributed by atoms with E-state index in [1.54, 1.807) is 0 Å². The normalized spacial score (nSPS) is 25.6. The highest BCUT2D eigenvalue weighted by Crippen LogP contribution is 2.21. The van der Waals surface area contributed by atoms with Gasteiger partial charge in [0.2, 0.25) is 5.91 Å². The highest BCUT2D eigenvalue weighted by Gasteiger charge is 2.33. The van der Waals surface area contributed by atoms with Crippen LogP contribution in [0.15, 0.2) is 0 Å². The zero-order chi connectivity index (χ0) is 17.0. The zero-order valence-electron chi connectivity index (χ0n) is 13.5. The van der Waals surface area contributed by atoms with Crippen LogP contribution >= 0.6 is 0 Å². The summed E-state index contributed by atoms with van der Waals surface area (Å²) in [7, 11) is 0. The summed E-state index contributed by atoms with van der Waals surface area (Å²) in [5.74, 6) is -2.18. The predicted octanol–water partition coefficient (Wildman–Crippen LogP) is -0.0273. The minimum Gasteiger partial charge on any atom is -0.344 e. The molecule has 2 saturated heterocycles. The van der Waals surface area contributed by atoms with Gasteiger partial charge in [-0.05, 0) is 26.7 Å². The molecule has 2 unspecified atom stereocenters. The second-order valence-corrected chi connectivity index (χ2v) is 6.12. The molecule has 2 aliphatic rings. The van der Waals surface area contributed by atoms with Gasteiger partial charge < -0.3 is 10.2 Å². The highest BCUT2D eigenvalue weighted by atomic mass is 16.7. The number of carbonyl (C=O) groups is 4. The van der Waals surface area contributed by atoms with Crippen molar-refractivity contribution in [3.63, 3.8) is 0 Å². The number of hydrogen-bond acceptors (Lipinski definition) is 6. The lowest BCUT2D eigenvalue weighted by Crippen LogP contribution is -2.49. The van der Waals surface area contributed by atoms with Crippen molar-refractivity contribution in [3.05, 3.63) is 0 Å². The van der Waals surface area contributed by atoms with E-state index < -0.39 is 17.8 Å². The molecule has 0 aromatic rings. The number of piperidine rings is 1. The third-order valence-corrected chi connectivity index (χ3v) is 4.33. The van der Waals surface area contributed by atoms with E-state index in [0.717, 1.165) is 19.3 Å². The smallest absolute Gasteiger partial charge is 0.344 e. The Hall–Kier alpha value is -1.96. The molecule has 128 valence electrons. The molecule has 3 amide bonds. The number of likely N-dealkylation sites (tertiary alicyclic amines) is 1. The zero-order valence-corrected chi connectivity index (χ0v) is 13.5. The van der Waals surface area contributed by atoms with Gasteiger partial charge in [-0.25, -0.2) is 4.79 Å². The molecule has 0 aromatic carbocycles. The molecule has 0 aliphatic carbocycles. The Kier molecular flexibility index (Phi) is 5.70. The lowest BCUT2D eigenvalue weighted by molar-refractivity contribution is -0.196. The molecule has 0 bridgehead atoms. The van der Waals surface area contributed by atoms with Crippen LogP contribution < -0.4 is 5.32 Å². The molecule has 0 aromatic heterocycles. The Morgan fingerprint density at radius 1 is 1.13 bits per heavy atom. The maximum absolute atomic E-state index is 12.0. The summed E-state index contributed by atoms with van der Waals surface area (Å²) in [5.41, 5.74) is 0. The Morgan fingerprint density at radius 3 is 2.26 bits per heavy atom. The van der Waals surface area contributed by atoms with Crippen molar-refractivity contribution in [2.75, 3.05) is 13.1 Å². The van der Waals surface area contributed by atoms with E-state index in [4.69, 9.17) is 0 Å². The molecule has 0 radical (unpaired) electrons. The number of amides is 3. The van der Waals surface area contributed by atoms with E-state index in [0.29, 0.717) is 17.1 Å². The first-order chi connectivity index (χ1) is 10.9. The molecular weight excluding hydrogens is 302 g/mol. The molecule has 8 heteroatoms. The SMILES string of the molecule is CC1CCCC(C)N1CC(=O)NCC(=O)ON1C(=O)CCC1=O. The molecule has 2 rings (SSSR count). The average Bonchev–Trinajstić information content (AvgIpc) is 2.81. The first-order valence-corrected chi connectivity index (χ1v) is 7.97. The van der Waals surface area contributed by atoms with E-state index in [2.05, 4.69) is 28.9 Å². The third-order valence-electron chi connectivity index (χ3n) is 4.33. The van der Waals surface area contributed by atoms with Crippen LogP contribution in [0.25, 0.3) is 0 Å². The van der Waals surface area contributed by atoms with E-state index in [1.165, 1.54) is 0 Å². The third kappa shape index (κ3) is 4.51. The minimum atomic E-state index is -0.832. The van der Waals surface area contributed by atoms with Crippen molar-refractivity contribution < 1.29 is 24.0 Å². The number of hydroxylamine groups is 2. The fraction of sp³-hybridized carbons (Fsp3) is 0.733. The van der Waals surface area contributed by atoms with Crippen molar-refractivity contribution in [2.45, 2.75) is 58.0 Å². The monoisotopic (exact) mass is 325 g/mol. The van der Waals surface area contributed by atoms with Gasteiger partial charge >= 0.3 is 5.97 Å². The quantitative estimate of drug-likeness (QED) is 0.713. The van der Waals surface area contributed by atoms with Gasteiger partial charge in [-0.3, -0.25) is 19.3 Å². The van der Waals surface area contributed by atoms with Gasteiger partial charge in [0, 0.05) is 24.9 Å². The Balaban J connectivity index is 1.74. The van der Waals surface area contributed by atoms with Crippen LogP contribution in [0.1, 0.15) is 46.0 Å². The second kappa shape index (κ2) is 7.54. The van der Waals surface area contributed by atoms with Crippen molar-refractivity contribution in [2.24, 2.45) is 0 Å². The molecule has 2 atom stereocenters. The van der Waals surface area contributed by atoms with Crippen LogP contribution in [-0.2, 0) is 24.0 Å². The summed E-state index contributed by atoms with van der Waals surface area (Å²) in [4.78, 5) is 53.0.